The van der Waals surface area contributed by atoms with Crippen molar-refractivity contribution in [1.29, 1.82) is 0 Å². The van der Waals surface area contributed by atoms with Crippen molar-refractivity contribution >= 4 is 10.9 Å². The molecule has 3 rings (SSSR count). The molecule has 2 aromatic carbocycles. The molecule has 0 bridgehead atoms. The zero-order chi connectivity index (χ0) is 21.8. The number of benzene rings is 2. The van der Waals surface area contributed by atoms with Gasteiger partial charge in [0.1, 0.15) is 11.5 Å². The quantitative estimate of drug-likeness (QED) is 0.373. The lowest BCUT2D eigenvalue weighted by atomic mass is 10.1. The maximum atomic E-state index is 12.3. The minimum atomic E-state index is -4.75. The van der Waals surface area contributed by atoms with Gasteiger partial charge >= 0.3 is 12.5 Å². The Hall–Kier alpha value is -2.88. The summed E-state index contributed by atoms with van der Waals surface area (Å²) in [7, 11) is 0. The number of ether oxygens (including phenoxy) is 2. The van der Waals surface area contributed by atoms with Crippen molar-refractivity contribution in [2.75, 3.05) is 13.2 Å². The van der Waals surface area contributed by atoms with Gasteiger partial charge in [-0.2, -0.15) is 13.2 Å². The summed E-state index contributed by atoms with van der Waals surface area (Å²) in [6.07, 6.45) is -6.83. The molecule has 4 nitrogen and oxygen atoms in total. The third-order valence-electron chi connectivity index (χ3n) is 4.17. The topological polar surface area (TPSA) is 46.3 Å². The van der Waals surface area contributed by atoms with E-state index in [2.05, 4.69) is 15.0 Å². The highest BCUT2D eigenvalue weighted by atomic mass is 19.4. The average Bonchev–Trinajstić information content (AvgIpc) is 3.04. The number of aromatic nitrogens is 1. The maximum absolute atomic E-state index is 12.3. The van der Waals surface area contributed by atoms with E-state index in [0.29, 0.717) is 25.0 Å². The first kappa shape index (κ1) is 21.8. The molecule has 0 amide bonds. The average molecular weight is 432 g/mol. The van der Waals surface area contributed by atoms with Crippen LogP contribution < -0.4 is 14.8 Å². The molecule has 0 fully saturated rings. The fourth-order valence-electron chi connectivity index (χ4n) is 2.94. The molecule has 1 aromatic heterocycles. The summed E-state index contributed by atoms with van der Waals surface area (Å²) in [6.45, 7) is -0.364. The highest BCUT2D eigenvalue weighted by Gasteiger charge is 2.31. The lowest BCUT2D eigenvalue weighted by molar-refractivity contribution is -0.274. The van der Waals surface area contributed by atoms with E-state index in [1.807, 2.05) is 0 Å². The van der Waals surface area contributed by atoms with Crippen molar-refractivity contribution < 1.29 is 35.8 Å². The summed E-state index contributed by atoms with van der Waals surface area (Å²) in [4.78, 5) is 2.92. The van der Waals surface area contributed by atoms with Crippen LogP contribution in [-0.2, 0) is 13.0 Å². The first-order chi connectivity index (χ1) is 14.1. The first-order valence-electron chi connectivity index (χ1n) is 8.94. The Labute approximate surface area is 167 Å². The van der Waals surface area contributed by atoms with Crippen LogP contribution in [0, 0.1) is 0 Å². The van der Waals surface area contributed by atoms with Crippen LogP contribution in [0.3, 0.4) is 0 Å². The van der Waals surface area contributed by atoms with Crippen molar-refractivity contribution in [2.45, 2.75) is 25.5 Å². The van der Waals surface area contributed by atoms with Crippen LogP contribution in [0.4, 0.5) is 26.3 Å². The zero-order valence-corrected chi connectivity index (χ0v) is 15.5. The molecule has 0 aliphatic carbocycles. The Morgan fingerprint density at radius 3 is 2.47 bits per heavy atom. The lowest BCUT2D eigenvalue weighted by Crippen LogP contribution is -2.19. The predicted octanol–water partition coefficient (Wildman–Crippen LogP) is 5.34. The molecule has 30 heavy (non-hydrogen) atoms. The van der Waals surface area contributed by atoms with E-state index in [9.17, 15) is 26.3 Å². The van der Waals surface area contributed by atoms with Crippen molar-refractivity contribution in [3.05, 3.63) is 59.8 Å². The van der Waals surface area contributed by atoms with Gasteiger partial charge in [0.25, 0.3) is 0 Å². The van der Waals surface area contributed by atoms with Crippen LogP contribution in [0.2, 0.25) is 0 Å². The van der Waals surface area contributed by atoms with Crippen molar-refractivity contribution in [3.8, 4) is 11.5 Å². The van der Waals surface area contributed by atoms with Gasteiger partial charge in [0.2, 0.25) is 0 Å². The van der Waals surface area contributed by atoms with E-state index in [4.69, 9.17) is 4.74 Å². The zero-order valence-electron chi connectivity index (χ0n) is 15.5. The van der Waals surface area contributed by atoms with Gasteiger partial charge in [-0.1, -0.05) is 12.1 Å². The van der Waals surface area contributed by atoms with E-state index in [1.54, 1.807) is 24.4 Å². The molecule has 0 radical (unpaired) electrons. The maximum Gasteiger partial charge on any atom is 0.573 e. The van der Waals surface area contributed by atoms with Crippen LogP contribution in [0.15, 0.2) is 48.7 Å². The minimum absolute atomic E-state index is 0.139. The van der Waals surface area contributed by atoms with Crippen molar-refractivity contribution in [3.63, 3.8) is 0 Å². The fraction of sp³-hybridized carbons (Fsp3) is 0.300. The second kappa shape index (κ2) is 8.86. The van der Waals surface area contributed by atoms with Crippen molar-refractivity contribution in [2.24, 2.45) is 0 Å². The number of rotatable bonds is 8. The summed E-state index contributed by atoms with van der Waals surface area (Å²) in [5.41, 5.74) is 2.21. The Morgan fingerprint density at radius 2 is 1.73 bits per heavy atom. The molecule has 0 saturated carbocycles. The molecule has 1 heterocycles. The molecule has 0 aliphatic heterocycles. The number of halogens is 6. The third kappa shape index (κ3) is 6.58. The summed E-state index contributed by atoms with van der Waals surface area (Å²) in [6, 6.07) is 10.5. The number of alkyl halides is 6. The molecular weight excluding hydrogens is 414 g/mol. The molecule has 0 aliphatic rings. The minimum Gasteiger partial charge on any atom is -0.484 e. The monoisotopic (exact) mass is 432 g/mol. The van der Waals surface area contributed by atoms with Crippen LogP contribution in [0.25, 0.3) is 10.9 Å². The molecular formula is C20H18F6N2O2. The van der Waals surface area contributed by atoms with Crippen LogP contribution in [0.1, 0.15) is 11.1 Å². The Balaban J connectivity index is 1.51. The number of hydrogen-bond donors (Lipinski definition) is 2. The molecule has 2 N–H and O–H groups in total. The van der Waals surface area contributed by atoms with E-state index in [-0.39, 0.29) is 11.5 Å². The smallest absolute Gasteiger partial charge is 0.484 e. The van der Waals surface area contributed by atoms with Crippen LogP contribution in [-0.4, -0.2) is 30.7 Å². The standard InChI is InChI=1S/C20H18F6N2O2/c21-19(22,23)12-29-15-3-1-2-13(8-15)10-27-7-6-14-11-28-18-9-16(4-5-17(14)18)30-20(24,25)26/h1-5,8-9,11,27-28H,6-7,10,12H2. The van der Waals surface area contributed by atoms with E-state index < -0.39 is 19.1 Å². The van der Waals surface area contributed by atoms with Crippen molar-refractivity contribution in [1.82, 2.24) is 10.3 Å². The van der Waals surface area contributed by atoms with Gasteiger partial charge in [-0.15, -0.1) is 13.2 Å². The Kier molecular flexibility index (Phi) is 6.45. The van der Waals surface area contributed by atoms with Gasteiger partial charge in [0.15, 0.2) is 6.61 Å². The van der Waals surface area contributed by atoms with E-state index in [1.165, 1.54) is 24.3 Å². The van der Waals surface area contributed by atoms with E-state index in [0.717, 1.165) is 16.5 Å². The fourth-order valence-corrected chi connectivity index (χ4v) is 2.94. The summed E-state index contributed by atoms with van der Waals surface area (Å²) >= 11 is 0. The largest absolute Gasteiger partial charge is 0.573 e. The first-order valence-corrected chi connectivity index (χ1v) is 8.94. The van der Waals surface area contributed by atoms with Gasteiger partial charge in [0.05, 0.1) is 0 Å². The molecule has 0 saturated heterocycles. The molecule has 0 spiro atoms. The van der Waals surface area contributed by atoms with Gasteiger partial charge < -0.3 is 19.8 Å². The predicted molar refractivity (Wildman–Crippen MR) is 98.4 cm³/mol. The number of fused-ring (bicyclic) bond motifs is 1. The van der Waals surface area contributed by atoms with Crippen LogP contribution >= 0.6 is 0 Å². The SMILES string of the molecule is FC(F)(F)COc1cccc(CNCCc2c[nH]c3cc(OC(F)(F)F)ccc23)c1. The molecule has 162 valence electrons. The van der Waals surface area contributed by atoms with Gasteiger partial charge in [0, 0.05) is 29.7 Å². The summed E-state index contributed by atoms with van der Waals surface area (Å²) in [5, 5.41) is 3.97. The Morgan fingerprint density at radius 1 is 0.933 bits per heavy atom. The lowest BCUT2D eigenvalue weighted by Gasteiger charge is -2.11. The Bertz CT molecular complexity index is 981. The van der Waals surface area contributed by atoms with Gasteiger partial charge in [-0.05, 0) is 48.4 Å². The number of nitrogens with one attached hydrogen (secondary N) is 2. The second-order valence-electron chi connectivity index (χ2n) is 6.55. The normalized spacial score (nSPS) is 12.3. The van der Waals surface area contributed by atoms with Crippen LogP contribution in [0.5, 0.6) is 11.5 Å². The number of aromatic amines is 1. The van der Waals surface area contributed by atoms with E-state index >= 15 is 0 Å². The van der Waals surface area contributed by atoms with Gasteiger partial charge in [-0.25, -0.2) is 0 Å². The number of hydrogen-bond acceptors (Lipinski definition) is 3. The molecule has 10 heteroatoms. The number of H-pyrrole nitrogens is 1. The van der Waals surface area contributed by atoms with Gasteiger partial charge in [-0.3, -0.25) is 0 Å². The molecule has 0 atom stereocenters. The summed E-state index contributed by atoms with van der Waals surface area (Å²) in [5.74, 6) is -0.158. The highest BCUT2D eigenvalue weighted by molar-refractivity contribution is 5.84. The molecule has 0 unspecified atom stereocenters. The second-order valence-corrected chi connectivity index (χ2v) is 6.55. The highest BCUT2D eigenvalue weighted by Crippen LogP contribution is 2.28. The molecule has 3 aromatic rings. The third-order valence-corrected chi connectivity index (χ3v) is 4.17. The summed E-state index contributed by atoms with van der Waals surface area (Å²) < 4.78 is 82.3.